The smallest absolute Gasteiger partial charge is 0.247 e. The summed E-state index contributed by atoms with van der Waals surface area (Å²) in [5.41, 5.74) is 9.25. The molecule has 3 aromatic rings. The number of carbonyl (C=O) groups is 1. The number of Topliss-reactive ketones (excluding diaryl/α,β-unsaturated/α-hetero) is 1. The van der Waals surface area contributed by atoms with Gasteiger partial charge in [-0.1, -0.05) is 58.9 Å². The highest BCUT2D eigenvalue weighted by Crippen LogP contribution is 2.39. The van der Waals surface area contributed by atoms with E-state index in [0.29, 0.717) is 24.2 Å². The van der Waals surface area contributed by atoms with E-state index in [-0.39, 0.29) is 17.3 Å². The van der Waals surface area contributed by atoms with Crippen LogP contribution in [0.15, 0.2) is 59.0 Å². The summed E-state index contributed by atoms with van der Waals surface area (Å²) in [5.74, 6) is 2.66. The lowest BCUT2D eigenvalue weighted by molar-refractivity contribution is -0.116. The van der Waals surface area contributed by atoms with Crippen molar-refractivity contribution < 1.29 is 4.79 Å². The Bertz CT molecular complexity index is 1580. The zero-order chi connectivity index (χ0) is 31.7. The Morgan fingerprint density at radius 2 is 1.73 bits per heavy atom. The average Bonchev–Trinajstić information content (AvgIpc) is 3.45. The number of hydrogen-bond acceptors (Lipinski definition) is 4. The highest BCUT2D eigenvalue weighted by atomic mass is 16.1. The van der Waals surface area contributed by atoms with Crippen LogP contribution in [0.2, 0.25) is 0 Å². The molecular formula is C40H51N3O2. The number of aromatic amines is 1. The second kappa shape index (κ2) is 13.2. The molecule has 1 aromatic carbocycles. The molecule has 3 aliphatic rings. The van der Waals surface area contributed by atoms with E-state index in [9.17, 15) is 9.59 Å². The number of nitrogens with one attached hydrogen (secondary N) is 1. The van der Waals surface area contributed by atoms with Crippen molar-refractivity contribution in [2.24, 2.45) is 23.2 Å². The van der Waals surface area contributed by atoms with Crippen molar-refractivity contribution in [2.75, 3.05) is 19.6 Å². The molecule has 0 saturated carbocycles. The third kappa shape index (κ3) is 7.41. The maximum Gasteiger partial charge on any atom is 0.247 e. The molecule has 1 saturated heterocycles. The minimum atomic E-state index is -0.0980. The van der Waals surface area contributed by atoms with Gasteiger partial charge in [0.15, 0.2) is 5.78 Å². The average molecular weight is 606 g/mol. The van der Waals surface area contributed by atoms with E-state index in [0.717, 1.165) is 78.7 Å². The Morgan fingerprint density at radius 1 is 1.00 bits per heavy atom. The van der Waals surface area contributed by atoms with Crippen LogP contribution in [-0.2, 0) is 24.1 Å². The number of aryl methyl sites for hydroxylation is 1. The first-order chi connectivity index (χ1) is 21.5. The van der Waals surface area contributed by atoms with Crippen molar-refractivity contribution in [3.8, 4) is 11.1 Å². The fraction of sp³-hybridized carbons (Fsp3) is 0.525. The maximum absolute atomic E-state index is 13.9. The lowest BCUT2D eigenvalue weighted by Gasteiger charge is -2.34. The quantitative estimate of drug-likeness (QED) is 0.268. The molecule has 2 atom stereocenters. The summed E-state index contributed by atoms with van der Waals surface area (Å²) in [6.45, 7) is 15.1. The normalized spacial score (nSPS) is 19.7. The van der Waals surface area contributed by atoms with Crippen molar-refractivity contribution in [1.82, 2.24) is 14.9 Å². The molecule has 3 heterocycles. The van der Waals surface area contributed by atoms with E-state index in [4.69, 9.17) is 4.98 Å². The maximum atomic E-state index is 13.9. The fourth-order valence-corrected chi connectivity index (χ4v) is 7.79. The molecular weight excluding hydrogens is 554 g/mol. The molecule has 0 radical (unpaired) electrons. The number of hydrogen-bond donors (Lipinski definition) is 1. The van der Waals surface area contributed by atoms with E-state index in [1.165, 1.54) is 36.1 Å². The molecule has 0 bridgehead atoms. The molecule has 5 nitrogen and oxygen atoms in total. The Kier molecular flexibility index (Phi) is 9.29. The highest BCUT2D eigenvalue weighted by molar-refractivity contribution is 6.02. The van der Waals surface area contributed by atoms with Crippen molar-refractivity contribution in [3.63, 3.8) is 0 Å². The molecule has 0 amide bonds. The van der Waals surface area contributed by atoms with Gasteiger partial charge < -0.3 is 9.88 Å². The molecule has 238 valence electrons. The van der Waals surface area contributed by atoms with Crippen LogP contribution >= 0.6 is 0 Å². The molecule has 1 aliphatic heterocycles. The predicted octanol–water partition coefficient (Wildman–Crippen LogP) is 8.03. The predicted molar refractivity (Wildman–Crippen MR) is 184 cm³/mol. The van der Waals surface area contributed by atoms with Gasteiger partial charge in [0.2, 0.25) is 5.56 Å². The van der Waals surface area contributed by atoms with Gasteiger partial charge in [0.05, 0.1) is 5.69 Å². The van der Waals surface area contributed by atoms with E-state index >= 15 is 0 Å². The molecule has 5 heteroatoms. The number of carbonyl (C=O) groups excluding carboxylic acids is 1. The van der Waals surface area contributed by atoms with Crippen LogP contribution in [0, 0.1) is 23.2 Å². The lowest BCUT2D eigenvalue weighted by atomic mass is 9.71. The lowest BCUT2D eigenvalue weighted by Crippen LogP contribution is -2.36. The largest absolute Gasteiger partial charge is 0.328 e. The minimum Gasteiger partial charge on any atom is -0.328 e. The van der Waals surface area contributed by atoms with E-state index in [2.05, 4.69) is 80.9 Å². The summed E-state index contributed by atoms with van der Waals surface area (Å²) in [6, 6.07) is 14.4. The second-order valence-corrected chi connectivity index (χ2v) is 15.4. The standard InChI is InChI=1S/C40H51N3O2/c1-26(2)27-14-17-43(18-15-27)19-16-30(28-6-8-29(9-7-28)31-10-13-39(45)41-25-31)24-38(44)34-21-32-20-33-22-35(40(3,4)5)11-12-36(33)42-37(32)23-34/h6-10,13,20-21,25-27,30,35H,11-12,14-19,22-24H2,1-5H3,(H,41,45)/t30-,35-/m0/s1. The van der Waals surface area contributed by atoms with Crippen molar-refractivity contribution in [3.05, 3.63) is 92.7 Å². The van der Waals surface area contributed by atoms with Gasteiger partial charge in [-0.3, -0.25) is 14.6 Å². The molecule has 2 aromatic heterocycles. The van der Waals surface area contributed by atoms with Crippen molar-refractivity contribution in [2.45, 2.75) is 91.9 Å². The Labute approximate surface area is 269 Å². The monoisotopic (exact) mass is 605 g/mol. The Hall–Kier alpha value is -3.31. The molecule has 45 heavy (non-hydrogen) atoms. The zero-order valence-corrected chi connectivity index (χ0v) is 28.0. The molecule has 6 rings (SSSR count). The number of ketones is 1. The first-order valence-corrected chi connectivity index (χ1v) is 17.3. The molecule has 1 fully saturated rings. The fourth-order valence-electron chi connectivity index (χ4n) is 7.79. The Balaban J connectivity index is 1.17. The van der Waals surface area contributed by atoms with Crippen LogP contribution in [0.5, 0.6) is 0 Å². The number of aromatic nitrogens is 2. The number of rotatable bonds is 9. The van der Waals surface area contributed by atoms with Gasteiger partial charge in [-0.05, 0) is 133 Å². The number of nitrogens with zero attached hydrogens (tertiary/aromatic N) is 2. The number of benzene rings is 1. The van der Waals surface area contributed by atoms with Crippen molar-refractivity contribution in [1.29, 1.82) is 0 Å². The van der Waals surface area contributed by atoms with E-state index in [1.54, 1.807) is 12.3 Å². The number of piperidine rings is 1. The molecule has 2 aliphatic carbocycles. The first-order valence-electron chi connectivity index (χ1n) is 17.3. The van der Waals surface area contributed by atoms with Crippen LogP contribution in [0.3, 0.4) is 0 Å². The summed E-state index contributed by atoms with van der Waals surface area (Å²) < 4.78 is 0. The van der Waals surface area contributed by atoms with Crippen LogP contribution < -0.4 is 5.56 Å². The van der Waals surface area contributed by atoms with Gasteiger partial charge in [0.1, 0.15) is 0 Å². The van der Waals surface area contributed by atoms with Crippen LogP contribution in [-0.4, -0.2) is 40.3 Å². The number of likely N-dealkylation sites (tertiary alicyclic amines) is 1. The number of pyridine rings is 2. The van der Waals surface area contributed by atoms with E-state index < -0.39 is 0 Å². The van der Waals surface area contributed by atoms with Gasteiger partial charge in [0.25, 0.3) is 0 Å². The SMILES string of the molecule is CC(C)C1CCN(CC[C@@H](CC(=O)C2=Cc3cc4c(nc3C2)CC[C@H](C(C)(C)C)C4)c2ccc(-c3ccc(=O)[nH]c3)cc2)CC1. The molecule has 0 spiro atoms. The van der Waals surface area contributed by atoms with Gasteiger partial charge in [-0.25, -0.2) is 0 Å². The highest BCUT2D eigenvalue weighted by Gasteiger charge is 2.31. The van der Waals surface area contributed by atoms with Gasteiger partial charge in [-0.2, -0.15) is 0 Å². The van der Waals surface area contributed by atoms with Crippen molar-refractivity contribution >= 4 is 11.9 Å². The number of allylic oxidation sites excluding steroid dienone is 1. The minimum absolute atomic E-state index is 0.0980. The molecule has 0 unspecified atom stereocenters. The van der Waals surface area contributed by atoms with Gasteiger partial charge >= 0.3 is 0 Å². The summed E-state index contributed by atoms with van der Waals surface area (Å²) in [7, 11) is 0. The van der Waals surface area contributed by atoms with Crippen LogP contribution in [0.1, 0.15) is 101 Å². The topological polar surface area (TPSA) is 66.1 Å². The first kappa shape index (κ1) is 31.7. The zero-order valence-electron chi connectivity index (χ0n) is 28.0. The third-order valence-electron chi connectivity index (χ3n) is 11.1. The Morgan fingerprint density at radius 3 is 2.40 bits per heavy atom. The van der Waals surface area contributed by atoms with Gasteiger partial charge in [0, 0.05) is 36.4 Å². The summed E-state index contributed by atoms with van der Waals surface area (Å²) in [6.07, 6.45) is 11.9. The van der Waals surface area contributed by atoms with Gasteiger partial charge in [-0.15, -0.1) is 0 Å². The van der Waals surface area contributed by atoms with Crippen LogP contribution in [0.4, 0.5) is 0 Å². The summed E-state index contributed by atoms with van der Waals surface area (Å²) in [5, 5.41) is 0. The summed E-state index contributed by atoms with van der Waals surface area (Å²) in [4.78, 5) is 36.0. The van der Waals surface area contributed by atoms with E-state index in [1.807, 2.05) is 6.07 Å². The van der Waals surface area contributed by atoms with Crippen LogP contribution in [0.25, 0.3) is 17.2 Å². The number of H-pyrrole nitrogens is 1. The second-order valence-electron chi connectivity index (χ2n) is 15.4. The molecule has 1 N–H and O–H groups in total. The third-order valence-corrected chi connectivity index (χ3v) is 11.1. The summed E-state index contributed by atoms with van der Waals surface area (Å²) >= 11 is 0. The number of fused-ring (bicyclic) bond motifs is 2.